The number of carbonyl (C=O) groups excluding carboxylic acids is 3. The van der Waals surface area contributed by atoms with Crippen molar-refractivity contribution in [3.63, 3.8) is 0 Å². The normalized spacial score (nSPS) is 11.4. The number of benzene rings is 4. The summed E-state index contributed by atoms with van der Waals surface area (Å²) in [6, 6.07) is 26.6. The van der Waals surface area contributed by atoms with Gasteiger partial charge in [0.05, 0.1) is 17.9 Å². The van der Waals surface area contributed by atoms with Crippen LogP contribution >= 0.6 is 11.8 Å². The van der Waals surface area contributed by atoms with Crippen molar-refractivity contribution in [2.75, 3.05) is 23.0 Å². The van der Waals surface area contributed by atoms with Gasteiger partial charge in [0.1, 0.15) is 11.4 Å². The maximum Gasteiger partial charge on any atom is 0.416 e. The summed E-state index contributed by atoms with van der Waals surface area (Å²) in [5.74, 6) is -0.834. The molecule has 0 radical (unpaired) electrons. The quantitative estimate of drug-likeness (QED) is 0.122. The van der Waals surface area contributed by atoms with E-state index in [1.165, 1.54) is 23.9 Å². The van der Waals surface area contributed by atoms with Gasteiger partial charge in [-0.05, 0) is 85.3 Å². The molecule has 0 bridgehead atoms. The summed E-state index contributed by atoms with van der Waals surface area (Å²) in [7, 11) is 0. The number of alkyl halides is 3. The molecule has 11 heteroatoms. The maximum absolute atomic E-state index is 13.3. The average molecular weight is 620 g/mol. The number of thioether (sulfide) groups is 1. The van der Waals surface area contributed by atoms with Crippen molar-refractivity contribution < 1.29 is 32.3 Å². The molecular formula is C33H28F3N3O4S. The van der Waals surface area contributed by atoms with Crippen LogP contribution in [0.15, 0.2) is 114 Å². The van der Waals surface area contributed by atoms with Crippen molar-refractivity contribution in [2.45, 2.75) is 18.0 Å². The third kappa shape index (κ3) is 9.50. The fourth-order valence-electron chi connectivity index (χ4n) is 3.89. The van der Waals surface area contributed by atoms with Crippen LogP contribution in [0.5, 0.6) is 5.75 Å². The van der Waals surface area contributed by atoms with Crippen LogP contribution in [0.25, 0.3) is 6.08 Å². The van der Waals surface area contributed by atoms with Crippen molar-refractivity contribution in [1.82, 2.24) is 5.32 Å². The van der Waals surface area contributed by atoms with E-state index in [0.29, 0.717) is 34.1 Å². The van der Waals surface area contributed by atoms with E-state index in [2.05, 4.69) is 16.0 Å². The highest BCUT2D eigenvalue weighted by Crippen LogP contribution is 2.31. The first-order chi connectivity index (χ1) is 21.1. The monoisotopic (exact) mass is 619 g/mol. The zero-order chi connectivity index (χ0) is 31.5. The zero-order valence-electron chi connectivity index (χ0n) is 23.5. The van der Waals surface area contributed by atoms with Crippen molar-refractivity contribution in [3.8, 4) is 5.75 Å². The lowest BCUT2D eigenvalue weighted by atomic mass is 10.1. The van der Waals surface area contributed by atoms with Crippen molar-refractivity contribution in [2.24, 2.45) is 0 Å². The molecule has 4 aromatic rings. The Kier molecular flexibility index (Phi) is 10.8. The second-order valence-corrected chi connectivity index (χ2v) is 10.3. The summed E-state index contributed by atoms with van der Waals surface area (Å²) < 4.78 is 44.2. The Bertz CT molecular complexity index is 1630. The molecule has 0 atom stereocenters. The van der Waals surface area contributed by atoms with E-state index in [-0.39, 0.29) is 17.1 Å². The van der Waals surface area contributed by atoms with E-state index >= 15 is 0 Å². The number of carbonyl (C=O) groups is 3. The van der Waals surface area contributed by atoms with Crippen LogP contribution in [0.3, 0.4) is 0 Å². The van der Waals surface area contributed by atoms with Crippen LogP contribution in [-0.4, -0.2) is 30.1 Å². The molecule has 4 rings (SSSR count). The standard InChI is InChI=1S/C33H28F3N3O4S/c1-2-43-27-15-11-22(12-16-27)19-29(39-31(41)23-7-4-3-5-8-23)32(42)38-25-13-17-28(18-14-25)44-21-30(40)37-26-10-6-9-24(20-26)33(34,35)36/h3-20H,2,21H2,1H3,(H,37,40)(H,38,42)(H,39,41)/b29-19-. The van der Waals surface area contributed by atoms with Crippen LogP contribution in [0.4, 0.5) is 24.5 Å². The van der Waals surface area contributed by atoms with E-state index in [0.717, 1.165) is 12.1 Å². The van der Waals surface area contributed by atoms with Gasteiger partial charge < -0.3 is 20.7 Å². The molecule has 0 aliphatic heterocycles. The van der Waals surface area contributed by atoms with Crippen LogP contribution in [-0.2, 0) is 15.8 Å². The minimum atomic E-state index is -4.51. The van der Waals surface area contributed by atoms with Gasteiger partial charge in [-0.15, -0.1) is 11.8 Å². The van der Waals surface area contributed by atoms with Crippen molar-refractivity contribution in [1.29, 1.82) is 0 Å². The van der Waals surface area contributed by atoms with Crippen LogP contribution < -0.4 is 20.7 Å². The van der Waals surface area contributed by atoms with Gasteiger partial charge in [-0.1, -0.05) is 36.4 Å². The lowest BCUT2D eigenvalue weighted by Crippen LogP contribution is -2.30. The van der Waals surface area contributed by atoms with Gasteiger partial charge in [-0.3, -0.25) is 14.4 Å². The molecule has 0 unspecified atom stereocenters. The lowest BCUT2D eigenvalue weighted by Gasteiger charge is -2.12. The number of amides is 3. The molecule has 0 fully saturated rings. The molecule has 7 nitrogen and oxygen atoms in total. The largest absolute Gasteiger partial charge is 0.494 e. The SMILES string of the molecule is CCOc1ccc(/C=C(\NC(=O)c2ccccc2)C(=O)Nc2ccc(SCC(=O)Nc3cccc(C(F)(F)F)c3)cc2)cc1. The van der Waals surface area contributed by atoms with Gasteiger partial charge in [-0.2, -0.15) is 13.2 Å². The third-order valence-electron chi connectivity index (χ3n) is 5.99. The molecule has 3 amide bonds. The summed E-state index contributed by atoms with van der Waals surface area (Å²) in [6.07, 6.45) is -2.95. The van der Waals surface area contributed by atoms with Gasteiger partial charge >= 0.3 is 6.18 Å². The number of rotatable bonds is 11. The topological polar surface area (TPSA) is 96.5 Å². The summed E-state index contributed by atoms with van der Waals surface area (Å²) in [6.45, 7) is 2.39. The van der Waals surface area contributed by atoms with Crippen LogP contribution in [0.2, 0.25) is 0 Å². The molecular weight excluding hydrogens is 591 g/mol. The molecule has 226 valence electrons. The summed E-state index contributed by atoms with van der Waals surface area (Å²) in [4.78, 5) is 39.1. The van der Waals surface area contributed by atoms with Crippen LogP contribution in [0, 0.1) is 0 Å². The Morgan fingerprint density at radius 3 is 2.18 bits per heavy atom. The highest BCUT2D eigenvalue weighted by molar-refractivity contribution is 8.00. The first-order valence-electron chi connectivity index (χ1n) is 13.4. The molecule has 0 aliphatic rings. The Morgan fingerprint density at radius 1 is 0.818 bits per heavy atom. The Morgan fingerprint density at radius 2 is 1.52 bits per heavy atom. The fraction of sp³-hybridized carbons (Fsp3) is 0.121. The smallest absolute Gasteiger partial charge is 0.416 e. The third-order valence-corrected chi connectivity index (χ3v) is 7.00. The summed E-state index contributed by atoms with van der Waals surface area (Å²) in [5, 5.41) is 7.92. The first-order valence-corrected chi connectivity index (χ1v) is 14.4. The fourth-order valence-corrected chi connectivity index (χ4v) is 4.59. The number of halogens is 3. The van der Waals surface area contributed by atoms with Crippen LogP contribution in [0.1, 0.15) is 28.4 Å². The van der Waals surface area contributed by atoms with Gasteiger partial charge in [-0.25, -0.2) is 0 Å². The predicted molar refractivity (Wildman–Crippen MR) is 165 cm³/mol. The number of hydrogen-bond donors (Lipinski definition) is 3. The lowest BCUT2D eigenvalue weighted by molar-refractivity contribution is -0.137. The number of nitrogens with one attached hydrogen (secondary N) is 3. The van der Waals surface area contributed by atoms with Gasteiger partial charge in [0.2, 0.25) is 5.91 Å². The van der Waals surface area contributed by atoms with Crippen molar-refractivity contribution in [3.05, 3.63) is 126 Å². The maximum atomic E-state index is 13.3. The zero-order valence-corrected chi connectivity index (χ0v) is 24.3. The van der Waals surface area contributed by atoms with E-state index in [1.54, 1.807) is 84.9 Å². The molecule has 0 spiro atoms. The van der Waals surface area contributed by atoms with E-state index in [9.17, 15) is 27.6 Å². The summed E-state index contributed by atoms with van der Waals surface area (Å²) in [5.41, 5.74) is 0.722. The van der Waals surface area contributed by atoms with Crippen molar-refractivity contribution >= 4 is 46.9 Å². The average Bonchev–Trinajstić information content (AvgIpc) is 3.01. The van der Waals surface area contributed by atoms with Gasteiger partial charge in [0, 0.05) is 21.8 Å². The summed E-state index contributed by atoms with van der Waals surface area (Å²) >= 11 is 1.18. The molecule has 0 aromatic heterocycles. The predicted octanol–water partition coefficient (Wildman–Crippen LogP) is 7.24. The Hall–Kier alpha value is -5.03. The second-order valence-electron chi connectivity index (χ2n) is 9.27. The Balaban J connectivity index is 1.39. The molecule has 0 saturated heterocycles. The number of ether oxygens (including phenoxy) is 1. The molecule has 0 saturated carbocycles. The molecule has 4 aromatic carbocycles. The minimum absolute atomic E-state index is 0.0210. The van der Waals surface area contributed by atoms with E-state index in [1.807, 2.05) is 6.92 Å². The molecule has 0 heterocycles. The first kappa shape index (κ1) is 31.9. The van der Waals surface area contributed by atoms with E-state index in [4.69, 9.17) is 4.74 Å². The Labute approximate surface area is 256 Å². The number of anilines is 2. The molecule has 0 aliphatic carbocycles. The van der Waals surface area contributed by atoms with Gasteiger partial charge in [0.25, 0.3) is 11.8 Å². The van der Waals surface area contributed by atoms with Gasteiger partial charge in [0.15, 0.2) is 0 Å². The highest BCUT2D eigenvalue weighted by atomic mass is 32.2. The molecule has 3 N–H and O–H groups in total. The minimum Gasteiger partial charge on any atom is -0.494 e. The second kappa shape index (κ2) is 14.9. The van der Waals surface area contributed by atoms with E-state index < -0.39 is 29.5 Å². The molecule has 44 heavy (non-hydrogen) atoms. The number of hydrogen-bond acceptors (Lipinski definition) is 5. The highest BCUT2D eigenvalue weighted by Gasteiger charge is 2.30.